The zero-order valence-electron chi connectivity index (χ0n) is 11.9. The summed E-state index contributed by atoms with van der Waals surface area (Å²) in [5.41, 5.74) is 0.371. The van der Waals surface area contributed by atoms with Crippen molar-refractivity contribution in [2.75, 3.05) is 19.5 Å². The van der Waals surface area contributed by atoms with Gasteiger partial charge in [-0.3, -0.25) is 4.79 Å². The maximum atomic E-state index is 13.7. The Bertz CT molecular complexity index is 677. The molecule has 0 fully saturated rings. The zero-order valence-corrected chi connectivity index (χ0v) is 12.6. The third-order valence-electron chi connectivity index (χ3n) is 2.78. The van der Waals surface area contributed by atoms with Crippen molar-refractivity contribution in [3.05, 3.63) is 40.8 Å². The number of carbonyl (C=O) groups is 1. The Balaban J connectivity index is 2.16. The first-order valence-electron chi connectivity index (χ1n) is 6.23. The molecule has 116 valence electrons. The summed E-state index contributed by atoms with van der Waals surface area (Å²) < 4.78 is 23.6. The van der Waals surface area contributed by atoms with Crippen LogP contribution in [0.5, 0.6) is 11.9 Å². The van der Waals surface area contributed by atoms with Crippen LogP contribution in [0.4, 0.5) is 10.1 Å². The largest absolute Gasteiger partial charge is 0.479 e. The van der Waals surface area contributed by atoms with Crippen molar-refractivity contribution < 1.29 is 18.7 Å². The van der Waals surface area contributed by atoms with Gasteiger partial charge in [0.25, 0.3) is 0 Å². The molecule has 22 heavy (non-hydrogen) atoms. The van der Waals surface area contributed by atoms with Gasteiger partial charge in [-0.15, -0.1) is 0 Å². The average Bonchev–Trinajstić information content (AvgIpc) is 2.51. The third-order valence-corrected chi connectivity index (χ3v) is 3.13. The van der Waals surface area contributed by atoms with Gasteiger partial charge in [-0.1, -0.05) is 17.7 Å². The molecule has 0 aliphatic rings. The standard InChI is InChI=1S/C14H13ClFN3O3/c1-21-13-11(7-17-14(19-13)22-2)18-12(20)6-8-9(15)4-3-5-10(8)16/h3-5,7H,6H2,1-2H3,(H,18,20). The number of hydrogen-bond acceptors (Lipinski definition) is 5. The molecule has 0 radical (unpaired) electrons. The van der Waals surface area contributed by atoms with E-state index in [1.807, 2.05) is 0 Å². The quantitative estimate of drug-likeness (QED) is 0.914. The lowest BCUT2D eigenvalue weighted by atomic mass is 10.1. The molecule has 1 heterocycles. The maximum absolute atomic E-state index is 13.7. The summed E-state index contributed by atoms with van der Waals surface area (Å²) in [6, 6.07) is 4.34. The highest BCUT2D eigenvalue weighted by molar-refractivity contribution is 6.31. The SMILES string of the molecule is COc1ncc(NC(=O)Cc2c(F)cccc2Cl)c(OC)n1. The molecule has 1 aromatic heterocycles. The van der Waals surface area contributed by atoms with Gasteiger partial charge in [0.2, 0.25) is 11.8 Å². The number of aromatic nitrogens is 2. The number of rotatable bonds is 5. The van der Waals surface area contributed by atoms with E-state index in [1.54, 1.807) is 0 Å². The number of carbonyl (C=O) groups excluding carboxylic acids is 1. The number of ether oxygens (including phenoxy) is 2. The fraction of sp³-hybridized carbons (Fsp3) is 0.214. The van der Waals surface area contributed by atoms with E-state index in [-0.39, 0.29) is 34.6 Å². The van der Waals surface area contributed by atoms with Gasteiger partial charge in [-0.05, 0) is 12.1 Å². The number of nitrogens with zero attached hydrogens (tertiary/aromatic N) is 2. The normalized spacial score (nSPS) is 10.2. The summed E-state index contributed by atoms with van der Waals surface area (Å²) in [6.45, 7) is 0. The monoisotopic (exact) mass is 325 g/mol. The Morgan fingerprint density at radius 3 is 2.77 bits per heavy atom. The Labute approximate surface area is 131 Å². The first-order chi connectivity index (χ1) is 10.5. The number of amides is 1. The fourth-order valence-corrected chi connectivity index (χ4v) is 1.98. The lowest BCUT2D eigenvalue weighted by Gasteiger charge is -2.10. The number of nitrogens with one attached hydrogen (secondary N) is 1. The van der Waals surface area contributed by atoms with Crippen LogP contribution in [0.2, 0.25) is 5.02 Å². The lowest BCUT2D eigenvalue weighted by Crippen LogP contribution is -2.16. The van der Waals surface area contributed by atoms with Crippen LogP contribution in [0.1, 0.15) is 5.56 Å². The second-order valence-corrected chi connectivity index (χ2v) is 4.61. The topological polar surface area (TPSA) is 73.3 Å². The fourth-order valence-electron chi connectivity index (χ4n) is 1.75. The van der Waals surface area contributed by atoms with Gasteiger partial charge in [-0.25, -0.2) is 9.37 Å². The predicted octanol–water partition coefficient (Wildman–Crippen LogP) is 2.47. The van der Waals surface area contributed by atoms with Gasteiger partial charge in [0.15, 0.2) is 0 Å². The van der Waals surface area contributed by atoms with Crippen LogP contribution in [-0.2, 0) is 11.2 Å². The van der Waals surface area contributed by atoms with E-state index in [1.165, 1.54) is 38.6 Å². The molecule has 8 heteroatoms. The highest BCUT2D eigenvalue weighted by atomic mass is 35.5. The zero-order chi connectivity index (χ0) is 16.1. The number of anilines is 1. The maximum Gasteiger partial charge on any atom is 0.319 e. The predicted molar refractivity (Wildman–Crippen MR) is 78.9 cm³/mol. The minimum absolute atomic E-state index is 0.104. The van der Waals surface area contributed by atoms with Crippen LogP contribution in [0.25, 0.3) is 0 Å². The Morgan fingerprint density at radius 2 is 2.14 bits per heavy atom. The molecule has 1 N–H and O–H groups in total. The van der Waals surface area contributed by atoms with Crippen LogP contribution in [-0.4, -0.2) is 30.1 Å². The van der Waals surface area contributed by atoms with Crippen LogP contribution in [0.15, 0.2) is 24.4 Å². The molecule has 0 unspecified atom stereocenters. The lowest BCUT2D eigenvalue weighted by molar-refractivity contribution is -0.115. The molecule has 0 saturated heterocycles. The van der Waals surface area contributed by atoms with Gasteiger partial charge >= 0.3 is 6.01 Å². The van der Waals surface area contributed by atoms with Crippen molar-refractivity contribution in [2.24, 2.45) is 0 Å². The van der Waals surface area contributed by atoms with Crippen molar-refractivity contribution in [1.82, 2.24) is 9.97 Å². The van der Waals surface area contributed by atoms with Crippen LogP contribution < -0.4 is 14.8 Å². The third kappa shape index (κ3) is 3.62. The van der Waals surface area contributed by atoms with Crippen molar-refractivity contribution in [2.45, 2.75) is 6.42 Å². The molecule has 2 rings (SSSR count). The number of halogens is 2. The molecule has 0 bridgehead atoms. The molecule has 0 aliphatic carbocycles. The van der Waals surface area contributed by atoms with E-state index in [9.17, 15) is 9.18 Å². The first-order valence-corrected chi connectivity index (χ1v) is 6.60. The summed E-state index contributed by atoms with van der Waals surface area (Å²) in [7, 11) is 2.80. The summed E-state index contributed by atoms with van der Waals surface area (Å²) in [5.74, 6) is -0.875. The number of hydrogen-bond donors (Lipinski definition) is 1. The molecule has 0 atom stereocenters. The smallest absolute Gasteiger partial charge is 0.319 e. The van der Waals surface area contributed by atoms with Crippen LogP contribution >= 0.6 is 11.6 Å². The molecular formula is C14H13ClFN3O3. The van der Waals surface area contributed by atoms with E-state index in [4.69, 9.17) is 21.1 Å². The molecule has 1 aromatic carbocycles. The molecular weight excluding hydrogens is 313 g/mol. The van der Waals surface area contributed by atoms with E-state index in [0.717, 1.165) is 0 Å². The first kappa shape index (κ1) is 16.0. The average molecular weight is 326 g/mol. The molecule has 0 spiro atoms. The number of benzene rings is 1. The highest BCUT2D eigenvalue weighted by Crippen LogP contribution is 2.24. The van der Waals surface area contributed by atoms with Gasteiger partial charge in [0.1, 0.15) is 11.5 Å². The minimum atomic E-state index is -0.541. The molecule has 2 aromatic rings. The van der Waals surface area contributed by atoms with Crippen molar-refractivity contribution in [3.8, 4) is 11.9 Å². The Hall–Kier alpha value is -2.41. The van der Waals surface area contributed by atoms with Crippen molar-refractivity contribution >= 4 is 23.2 Å². The van der Waals surface area contributed by atoms with Gasteiger partial charge in [-0.2, -0.15) is 4.98 Å². The Kier molecular flexibility index (Phi) is 5.11. The Morgan fingerprint density at radius 1 is 1.36 bits per heavy atom. The summed E-state index contributed by atoms with van der Waals surface area (Å²) in [6.07, 6.45) is 1.12. The van der Waals surface area contributed by atoms with E-state index in [2.05, 4.69) is 15.3 Å². The second kappa shape index (κ2) is 7.04. The van der Waals surface area contributed by atoms with Crippen LogP contribution in [0, 0.1) is 5.82 Å². The van der Waals surface area contributed by atoms with Gasteiger partial charge in [0.05, 0.1) is 26.8 Å². The molecule has 6 nitrogen and oxygen atoms in total. The second-order valence-electron chi connectivity index (χ2n) is 4.20. The van der Waals surface area contributed by atoms with Gasteiger partial charge in [0, 0.05) is 10.6 Å². The summed E-state index contributed by atoms with van der Waals surface area (Å²) in [4.78, 5) is 19.8. The molecule has 1 amide bonds. The minimum Gasteiger partial charge on any atom is -0.479 e. The van der Waals surface area contributed by atoms with Crippen LogP contribution in [0.3, 0.4) is 0 Å². The van der Waals surface area contributed by atoms with Crippen molar-refractivity contribution in [3.63, 3.8) is 0 Å². The highest BCUT2D eigenvalue weighted by Gasteiger charge is 2.15. The molecule has 0 saturated carbocycles. The summed E-state index contributed by atoms with van der Waals surface area (Å²) in [5, 5.41) is 2.73. The van der Waals surface area contributed by atoms with Crippen molar-refractivity contribution in [1.29, 1.82) is 0 Å². The van der Waals surface area contributed by atoms with E-state index in [0.29, 0.717) is 0 Å². The summed E-state index contributed by atoms with van der Waals surface area (Å²) >= 11 is 5.89. The molecule has 0 aliphatic heterocycles. The van der Waals surface area contributed by atoms with E-state index >= 15 is 0 Å². The van der Waals surface area contributed by atoms with E-state index < -0.39 is 11.7 Å². The van der Waals surface area contributed by atoms with Gasteiger partial charge < -0.3 is 14.8 Å². The number of methoxy groups -OCH3 is 2.